The van der Waals surface area contributed by atoms with Crippen LogP contribution < -0.4 is 5.84 Å². The Morgan fingerprint density at radius 2 is 2.30 bits per heavy atom. The first-order valence-electron chi connectivity index (χ1n) is 4.28. The molecule has 2 atom stereocenters. The summed E-state index contributed by atoms with van der Waals surface area (Å²) in [5, 5.41) is 2.08. The van der Waals surface area contributed by atoms with E-state index >= 15 is 0 Å². The van der Waals surface area contributed by atoms with Crippen molar-refractivity contribution in [1.82, 2.24) is 5.01 Å². The highest BCUT2D eigenvalue weighted by molar-refractivity contribution is 5.04. The molecule has 2 heteroatoms. The first-order valence-corrected chi connectivity index (χ1v) is 4.28. The molecular formula is C8H16N2. The van der Waals surface area contributed by atoms with Crippen LogP contribution in [0.2, 0.25) is 0 Å². The molecule has 2 unspecified atom stereocenters. The van der Waals surface area contributed by atoms with Gasteiger partial charge in [-0.2, -0.15) is 0 Å². The summed E-state index contributed by atoms with van der Waals surface area (Å²) >= 11 is 0. The Labute approximate surface area is 62.4 Å². The Hall–Kier alpha value is -0.0800. The van der Waals surface area contributed by atoms with Gasteiger partial charge in [0.05, 0.1) is 0 Å². The molecule has 0 bridgehead atoms. The van der Waals surface area contributed by atoms with Crippen molar-refractivity contribution in [2.24, 2.45) is 11.8 Å². The summed E-state index contributed by atoms with van der Waals surface area (Å²) in [5.74, 6) is 6.75. The van der Waals surface area contributed by atoms with Crippen LogP contribution in [0.4, 0.5) is 0 Å². The van der Waals surface area contributed by atoms with Gasteiger partial charge in [0.1, 0.15) is 0 Å². The van der Waals surface area contributed by atoms with E-state index in [1.54, 1.807) is 0 Å². The smallest absolute Gasteiger partial charge is 0.0377 e. The number of nitrogens with two attached hydrogens (primary N) is 1. The molecule has 1 aliphatic carbocycles. The largest absolute Gasteiger partial charge is 0.268 e. The van der Waals surface area contributed by atoms with Gasteiger partial charge in [-0.05, 0) is 31.6 Å². The fourth-order valence-corrected chi connectivity index (χ4v) is 2.49. The first-order chi connectivity index (χ1) is 4.76. The van der Waals surface area contributed by atoms with Crippen molar-refractivity contribution in [3.8, 4) is 0 Å². The normalized spacial score (nSPS) is 48.0. The molecule has 1 saturated heterocycles. The van der Waals surface area contributed by atoms with E-state index in [4.69, 9.17) is 5.84 Å². The number of hydrazine groups is 1. The summed E-state index contributed by atoms with van der Waals surface area (Å²) in [6.45, 7) is 3.44. The first kappa shape index (κ1) is 6.62. The minimum Gasteiger partial charge on any atom is -0.268 e. The van der Waals surface area contributed by atoms with Gasteiger partial charge in [0.15, 0.2) is 0 Å². The Kier molecular flexibility index (Phi) is 1.29. The summed E-state index contributed by atoms with van der Waals surface area (Å²) in [5.41, 5.74) is 0.444. The van der Waals surface area contributed by atoms with Crippen LogP contribution in [0.3, 0.4) is 0 Å². The Bertz CT molecular complexity index is 146. The van der Waals surface area contributed by atoms with Gasteiger partial charge in [0.2, 0.25) is 0 Å². The number of hydrogen-bond acceptors (Lipinski definition) is 2. The zero-order valence-electron chi connectivity index (χ0n) is 6.64. The highest BCUT2D eigenvalue weighted by Gasteiger charge is 2.49. The van der Waals surface area contributed by atoms with Crippen molar-refractivity contribution >= 4 is 0 Å². The maximum absolute atomic E-state index is 5.90. The maximum atomic E-state index is 5.90. The molecular weight excluding hydrogens is 124 g/mol. The van der Waals surface area contributed by atoms with Crippen LogP contribution in [0.1, 0.15) is 32.6 Å². The van der Waals surface area contributed by atoms with Gasteiger partial charge in [0, 0.05) is 12.1 Å². The zero-order chi connectivity index (χ0) is 7.19. The van der Waals surface area contributed by atoms with Crippen LogP contribution in [-0.2, 0) is 0 Å². The fourth-order valence-electron chi connectivity index (χ4n) is 2.49. The van der Waals surface area contributed by atoms with Gasteiger partial charge < -0.3 is 0 Å². The van der Waals surface area contributed by atoms with Crippen LogP contribution in [0.15, 0.2) is 0 Å². The summed E-state index contributed by atoms with van der Waals surface area (Å²) < 4.78 is 0. The zero-order valence-corrected chi connectivity index (χ0v) is 6.64. The van der Waals surface area contributed by atoms with Crippen LogP contribution >= 0.6 is 0 Å². The van der Waals surface area contributed by atoms with E-state index in [0.29, 0.717) is 5.54 Å². The van der Waals surface area contributed by atoms with Crippen molar-refractivity contribution in [3.05, 3.63) is 0 Å². The summed E-state index contributed by atoms with van der Waals surface area (Å²) in [6.07, 6.45) is 5.36. The topological polar surface area (TPSA) is 29.3 Å². The molecule has 2 rings (SSSR count). The quantitative estimate of drug-likeness (QED) is 0.511. The van der Waals surface area contributed by atoms with E-state index in [-0.39, 0.29) is 0 Å². The van der Waals surface area contributed by atoms with E-state index < -0.39 is 0 Å². The molecule has 0 aromatic rings. The van der Waals surface area contributed by atoms with Gasteiger partial charge >= 0.3 is 0 Å². The lowest BCUT2D eigenvalue weighted by atomic mass is 9.66. The minimum absolute atomic E-state index is 0.444. The lowest BCUT2D eigenvalue weighted by Gasteiger charge is -2.49. The molecule has 2 N–H and O–H groups in total. The van der Waals surface area contributed by atoms with E-state index in [9.17, 15) is 0 Å². The van der Waals surface area contributed by atoms with E-state index in [1.165, 1.54) is 25.7 Å². The van der Waals surface area contributed by atoms with E-state index in [1.807, 2.05) is 0 Å². The molecule has 58 valence electrons. The molecule has 10 heavy (non-hydrogen) atoms. The van der Waals surface area contributed by atoms with Gasteiger partial charge in [0.25, 0.3) is 0 Å². The van der Waals surface area contributed by atoms with Gasteiger partial charge in [-0.3, -0.25) is 5.84 Å². The molecule has 0 aromatic carbocycles. The lowest BCUT2D eigenvalue weighted by molar-refractivity contribution is -0.00439. The van der Waals surface area contributed by atoms with Crippen molar-refractivity contribution in [1.29, 1.82) is 0 Å². The predicted octanol–water partition coefficient (Wildman–Crippen LogP) is 1.12. The fraction of sp³-hybridized carbons (Fsp3) is 1.00. The van der Waals surface area contributed by atoms with Gasteiger partial charge in [-0.1, -0.05) is 6.92 Å². The maximum Gasteiger partial charge on any atom is 0.0377 e. The van der Waals surface area contributed by atoms with Crippen molar-refractivity contribution in [2.75, 3.05) is 6.54 Å². The highest BCUT2D eigenvalue weighted by Crippen LogP contribution is 2.47. The summed E-state index contributed by atoms with van der Waals surface area (Å²) in [4.78, 5) is 0. The Morgan fingerprint density at radius 1 is 1.50 bits per heavy atom. The molecule has 1 spiro atoms. The second-order valence-electron chi connectivity index (χ2n) is 3.84. The summed E-state index contributed by atoms with van der Waals surface area (Å²) in [7, 11) is 0. The van der Waals surface area contributed by atoms with Crippen LogP contribution in [0.25, 0.3) is 0 Å². The molecule has 2 nitrogen and oxygen atoms in total. The third-order valence-corrected chi connectivity index (χ3v) is 3.51. The van der Waals surface area contributed by atoms with Crippen molar-refractivity contribution in [2.45, 2.75) is 38.1 Å². The average molecular weight is 140 g/mol. The molecule has 0 radical (unpaired) electrons. The average Bonchev–Trinajstić information content (AvgIpc) is 2.30. The lowest BCUT2D eigenvalue weighted by Crippen LogP contribution is -2.58. The SMILES string of the molecule is CC1CCC12CCCN2N. The van der Waals surface area contributed by atoms with Crippen molar-refractivity contribution in [3.63, 3.8) is 0 Å². The number of rotatable bonds is 0. The van der Waals surface area contributed by atoms with Crippen LogP contribution in [-0.4, -0.2) is 17.1 Å². The van der Waals surface area contributed by atoms with Gasteiger partial charge in [-0.25, -0.2) is 5.01 Å². The molecule has 2 fully saturated rings. The van der Waals surface area contributed by atoms with E-state index in [0.717, 1.165) is 12.5 Å². The molecule has 0 aromatic heterocycles. The second-order valence-corrected chi connectivity index (χ2v) is 3.84. The summed E-state index contributed by atoms with van der Waals surface area (Å²) in [6, 6.07) is 0. The number of hydrogen-bond donors (Lipinski definition) is 1. The standard InChI is InChI=1S/C8H16N2/c1-7-3-5-8(7)4-2-6-10(8)9/h7H,2-6,9H2,1H3. The third-order valence-electron chi connectivity index (χ3n) is 3.51. The third kappa shape index (κ3) is 0.611. The number of nitrogens with zero attached hydrogens (tertiary/aromatic N) is 1. The van der Waals surface area contributed by atoms with Crippen LogP contribution in [0, 0.1) is 5.92 Å². The van der Waals surface area contributed by atoms with Crippen LogP contribution in [0.5, 0.6) is 0 Å². The Morgan fingerprint density at radius 3 is 2.50 bits per heavy atom. The van der Waals surface area contributed by atoms with Crippen molar-refractivity contribution < 1.29 is 0 Å². The Balaban J connectivity index is 2.13. The molecule has 1 saturated carbocycles. The molecule has 1 aliphatic heterocycles. The predicted molar refractivity (Wildman–Crippen MR) is 41.3 cm³/mol. The minimum atomic E-state index is 0.444. The molecule has 2 aliphatic rings. The van der Waals surface area contributed by atoms with Gasteiger partial charge in [-0.15, -0.1) is 0 Å². The molecule has 0 amide bonds. The monoisotopic (exact) mass is 140 g/mol. The van der Waals surface area contributed by atoms with E-state index in [2.05, 4.69) is 11.9 Å². The molecule has 1 heterocycles. The second kappa shape index (κ2) is 1.95. The highest BCUT2D eigenvalue weighted by atomic mass is 15.5.